The van der Waals surface area contributed by atoms with Gasteiger partial charge in [-0.25, -0.2) is 9.97 Å². The topological polar surface area (TPSA) is 30.7 Å². The maximum Gasteiger partial charge on any atom is 0.235 e. The zero-order chi connectivity index (χ0) is 34.3. The molecule has 3 nitrogen and oxygen atoms in total. The molecule has 0 radical (unpaired) electrons. The minimum Gasteiger partial charge on any atom is -0.278 e. The highest BCUT2D eigenvalue weighted by Gasteiger charge is 2.35. The molecule has 12 rings (SSSR count). The van der Waals surface area contributed by atoms with E-state index in [-0.39, 0.29) is 5.41 Å². The van der Waals surface area contributed by atoms with Gasteiger partial charge in [-0.05, 0) is 64.0 Å². The lowest BCUT2D eigenvalue weighted by atomic mass is 9.82. The summed E-state index contributed by atoms with van der Waals surface area (Å²) in [4.78, 5) is 11.0. The molecule has 4 heterocycles. The average molecular weight is 700 g/mol. The van der Waals surface area contributed by atoms with Crippen LogP contribution in [0.4, 0.5) is 0 Å². The van der Waals surface area contributed by atoms with Crippen LogP contribution in [0.25, 0.3) is 101 Å². The number of aromatic nitrogens is 3. The SMILES string of the molecule is CC1(C)c2ccccc2-c2ccc(-c3nc(-n4c5ccccc5c5cc6c(ccc7c8ccccc8sc67)cc54)nc4c3sc3ccccc34)cc21. The molecule has 11 aromatic rings. The molecule has 0 fully saturated rings. The third kappa shape index (κ3) is 3.74. The van der Waals surface area contributed by atoms with E-state index in [0.29, 0.717) is 5.95 Å². The Labute approximate surface area is 307 Å². The van der Waals surface area contributed by atoms with E-state index in [0.717, 1.165) is 32.5 Å². The van der Waals surface area contributed by atoms with Crippen LogP contribution in [0.2, 0.25) is 0 Å². The van der Waals surface area contributed by atoms with Gasteiger partial charge in [0.15, 0.2) is 0 Å². The van der Waals surface area contributed by atoms with Gasteiger partial charge >= 0.3 is 0 Å². The van der Waals surface area contributed by atoms with Crippen molar-refractivity contribution in [2.24, 2.45) is 0 Å². The molecule has 0 bridgehead atoms. The fraction of sp³-hybridized carbons (Fsp3) is 0.0638. The van der Waals surface area contributed by atoms with Crippen molar-refractivity contribution in [1.29, 1.82) is 0 Å². The van der Waals surface area contributed by atoms with Crippen LogP contribution >= 0.6 is 22.7 Å². The molecule has 0 N–H and O–H groups in total. The second-order valence-electron chi connectivity index (χ2n) is 14.6. The average Bonchev–Trinajstić information content (AvgIpc) is 3.90. The number of nitrogens with zero attached hydrogens (tertiary/aromatic N) is 3. The number of para-hydroxylation sites is 1. The van der Waals surface area contributed by atoms with Crippen LogP contribution in [0.3, 0.4) is 0 Å². The molecule has 52 heavy (non-hydrogen) atoms. The van der Waals surface area contributed by atoms with Crippen LogP contribution in [0, 0.1) is 0 Å². The third-order valence-corrected chi connectivity index (χ3v) is 13.8. The minimum absolute atomic E-state index is 0.106. The van der Waals surface area contributed by atoms with Crippen molar-refractivity contribution in [2.45, 2.75) is 19.3 Å². The fourth-order valence-corrected chi connectivity index (χ4v) is 11.3. The zero-order valence-corrected chi connectivity index (χ0v) is 30.1. The quantitative estimate of drug-likeness (QED) is 0.180. The Morgan fingerprint density at radius 1 is 0.500 bits per heavy atom. The maximum absolute atomic E-state index is 5.55. The zero-order valence-electron chi connectivity index (χ0n) is 28.4. The summed E-state index contributed by atoms with van der Waals surface area (Å²) >= 11 is 3.67. The molecule has 7 aromatic carbocycles. The smallest absolute Gasteiger partial charge is 0.235 e. The predicted octanol–water partition coefficient (Wildman–Crippen LogP) is 13.4. The highest BCUT2D eigenvalue weighted by Crippen LogP contribution is 2.50. The summed E-state index contributed by atoms with van der Waals surface area (Å²) in [7, 11) is 0. The van der Waals surface area contributed by atoms with Crippen LogP contribution in [-0.4, -0.2) is 14.5 Å². The van der Waals surface area contributed by atoms with Gasteiger partial charge in [-0.3, -0.25) is 4.57 Å². The van der Waals surface area contributed by atoms with Crippen molar-refractivity contribution in [2.75, 3.05) is 0 Å². The molecule has 5 heteroatoms. The Kier molecular flexibility index (Phi) is 5.61. The van der Waals surface area contributed by atoms with Crippen molar-refractivity contribution in [3.63, 3.8) is 0 Å². The van der Waals surface area contributed by atoms with E-state index in [4.69, 9.17) is 9.97 Å². The first-order chi connectivity index (χ1) is 25.5. The van der Waals surface area contributed by atoms with E-state index >= 15 is 0 Å². The van der Waals surface area contributed by atoms with Gasteiger partial charge < -0.3 is 0 Å². The van der Waals surface area contributed by atoms with Gasteiger partial charge in [-0.2, -0.15) is 0 Å². The normalized spacial score (nSPS) is 13.7. The van der Waals surface area contributed by atoms with Crippen molar-refractivity contribution in [3.05, 3.63) is 151 Å². The molecule has 0 atom stereocenters. The molecule has 244 valence electrons. The molecule has 0 amide bonds. The van der Waals surface area contributed by atoms with Gasteiger partial charge in [0.05, 0.1) is 26.9 Å². The van der Waals surface area contributed by atoms with Crippen molar-refractivity contribution in [3.8, 4) is 28.3 Å². The lowest BCUT2D eigenvalue weighted by molar-refractivity contribution is 0.660. The highest BCUT2D eigenvalue weighted by molar-refractivity contribution is 7.27. The molecule has 0 aliphatic heterocycles. The van der Waals surface area contributed by atoms with Gasteiger partial charge in [0, 0.05) is 57.4 Å². The third-order valence-electron chi connectivity index (χ3n) is 11.4. The van der Waals surface area contributed by atoms with Crippen molar-refractivity contribution in [1.82, 2.24) is 14.5 Å². The molecule has 1 aliphatic carbocycles. The largest absolute Gasteiger partial charge is 0.278 e. The van der Waals surface area contributed by atoms with Crippen LogP contribution in [0.5, 0.6) is 0 Å². The molecule has 1 aliphatic rings. The molecule has 0 spiro atoms. The molecular weight excluding hydrogens is 671 g/mol. The molecule has 0 saturated carbocycles. The summed E-state index contributed by atoms with van der Waals surface area (Å²) in [5.41, 5.74) is 10.6. The van der Waals surface area contributed by atoms with E-state index in [1.807, 2.05) is 11.3 Å². The predicted molar refractivity (Wildman–Crippen MR) is 223 cm³/mol. The molecule has 0 saturated heterocycles. The highest BCUT2D eigenvalue weighted by atomic mass is 32.1. The van der Waals surface area contributed by atoms with E-state index < -0.39 is 0 Å². The molecule has 4 aromatic heterocycles. The van der Waals surface area contributed by atoms with Gasteiger partial charge in [0.25, 0.3) is 0 Å². The molecular formula is C47H29N3S2. The van der Waals surface area contributed by atoms with Crippen LogP contribution in [0.1, 0.15) is 25.0 Å². The van der Waals surface area contributed by atoms with Gasteiger partial charge in [-0.15, -0.1) is 22.7 Å². The first-order valence-corrected chi connectivity index (χ1v) is 19.4. The Bertz CT molecular complexity index is 3340. The van der Waals surface area contributed by atoms with E-state index in [9.17, 15) is 0 Å². The number of benzene rings is 7. The first kappa shape index (κ1) is 28.8. The van der Waals surface area contributed by atoms with E-state index in [1.54, 1.807) is 11.3 Å². The Morgan fingerprint density at radius 2 is 1.21 bits per heavy atom. The first-order valence-electron chi connectivity index (χ1n) is 17.7. The number of hydrogen-bond donors (Lipinski definition) is 0. The summed E-state index contributed by atoms with van der Waals surface area (Å²) in [5, 5.41) is 8.73. The summed E-state index contributed by atoms with van der Waals surface area (Å²) in [6, 6.07) is 51.2. The number of rotatable bonds is 2. The monoisotopic (exact) mass is 699 g/mol. The van der Waals surface area contributed by atoms with E-state index in [2.05, 4.69) is 158 Å². The summed E-state index contributed by atoms with van der Waals surface area (Å²) in [6.07, 6.45) is 0. The minimum atomic E-state index is -0.106. The lowest BCUT2D eigenvalue weighted by Gasteiger charge is -2.22. The van der Waals surface area contributed by atoms with Crippen LogP contribution in [0.15, 0.2) is 140 Å². The fourth-order valence-electron chi connectivity index (χ4n) is 8.91. The van der Waals surface area contributed by atoms with E-state index in [1.165, 1.54) is 74.1 Å². The maximum atomic E-state index is 5.55. The second kappa shape index (κ2) is 10.1. The van der Waals surface area contributed by atoms with Crippen molar-refractivity contribution < 1.29 is 0 Å². The van der Waals surface area contributed by atoms with Gasteiger partial charge in [0.1, 0.15) is 0 Å². The van der Waals surface area contributed by atoms with Gasteiger partial charge in [-0.1, -0.05) is 117 Å². The summed E-state index contributed by atoms with van der Waals surface area (Å²) < 4.78 is 7.30. The Balaban J connectivity index is 1.16. The van der Waals surface area contributed by atoms with Gasteiger partial charge in [0.2, 0.25) is 5.95 Å². The number of hydrogen-bond acceptors (Lipinski definition) is 4. The summed E-state index contributed by atoms with van der Waals surface area (Å²) in [5.74, 6) is 0.697. The standard InChI is InChI=1S/C47H29N3S2/c1-47(2)36-15-7-3-11-28(36)29-21-20-27(23-37(29)47)42-45-43(33-14-6-10-18-41(33)52-45)49-46(48-42)50-38-16-8-4-12-30(38)35-25-34-26(24-39(35)50)19-22-32-31-13-5-9-17-40(31)51-44(32)34/h3-25H,1-2H3. The van der Waals surface area contributed by atoms with Crippen molar-refractivity contribution >= 4 is 95.7 Å². The number of thiophene rings is 2. The second-order valence-corrected chi connectivity index (χ2v) is 16.7. The Hall–Kier alpha value is -5.88. The number of fused-ring (bicyclic) bond motifs is 14. The van der Waals surface area contributed by atoms with Crippen LogP contribution in [-0.2, 0) is 5.41 Å². The summed E-state index contributed by atoms with van der Waals surface area (Å²) in [6.45, 7) is 4.69. The van der Waals surface area contributed by atoms with Crippen LogP contribution < -0.4 is 0 Å². The lowest BCUT2D eigenvalue weighted by Crippen LogP contribution is -2.15. The molecule has 0 unspecified atom stereocenters. The Morgan fingerprint density at radius 3 is 2.10 bits per heavy atom.